The summed E-state index contributed by atoms with van der Waals surface area (Å²) in [6.45, 7) is 2.82. The third kappa shape index (κ3) is 9.68. The lowest BCUT2D eigenvalue weighted by Crippen LogP contribution is -2.24. The summed E-state index contributed by atoms with van der Waals surface area (Å²) in [7, 11) is 0. The molecule has 0 heterocycles. The summed E-state index contributed by atoms with van der Waals surface area (Å²) >= 11 is 0. The molecule has 0 amide bonds. The second-order valence-corrected chi connectivity index (χ2v) is 3.76. The Bertz CT molecular complexity index is 137. The first kappa shape index (κ1) is 13.6. The fraction of sp³-hybridized carbons (Fsp3) is 0.909. The number of hydrogen-bond donors (Lipinski definition) is 2. The Hall–Kier alpha value is -0.410. The molecule has 0 rings (SSSR count). The van der Waals surface area contributed by atoms with E-state index in [4.69, 9.17) is 5.84 Å². The molecule has 0 unspecified atom stereocenters. The minimum Gasteiger partial charge on any atom is -0.300 e. The molecule has 0 aromatic rings. The molecule has 3 nitrogen and oxygen atoms in total. The van der Waals surface area contributed by atoms with E-state index < -0.39 is 0 Å². The van der Waals surface area contributed by atoms with Gasteiger partial charge in [0.05, 0.1) is 0 Å². The van der Waals surface area contributed by atoms with Gasteiger partial charge in [0, 0.05) is 19.4 Å². The highest BCUT2D eigenvalue weighted by molar-refractivity contribution is 5.78. The average molecular weight is 200 g/mol. The minimum atomic E-state index is 0.332. The number of nitrogens with two attached hydrogens (primary N) is 1. The molecule has 0 spiro atoms. The number of unbranched alkanes of at least 4 members (excludes halogenated alkanes) is 5. The maximum Gasteiger partial charge on any atom is 0.134 e. The lowest BCUT2D eigenvalue weighted by atomic mass is 10.1. The second-order valence-electron chi connectivity index (χ2n) is 3.76. The van der Waals surface area contributed by atoms with Crippen molar-refractivity contribution in [2.45, 2.75) is 58.3 Å². The van der Waals surface area contributed by atoms with Crippen molar-refractivity contribution >= 4 is 5.78 Å². The molecule has 0 aromatic carbocycles. The van der Waals surface area contributed by atoms with E-state index >= 15 is 0 Å². The van der Waals surface area contributed by atoms with Crippen molar-refractivity contribution in [2.24, 2.45) is 5.84 Å². The number of carbonyl (C=O) groups is 1. The Morgan fingerprint density at radius 1 is 1.07 bits per heavy atom. The van der Waals surface area contributed by atoms with Crippen molar-refractivity contribution in [1.29, 1.82) is 0 Å². The first-order valence-electron chi connectivity index (χ1n) is 5.76. The van der Waals surface area contributed by atoms with Crippen LogP contribution < -0.4 is 11.3 Å². The van der Waals surface area contributed by atoms with Crippen LogP contribution in [0.25, 0.3) is 0 Å². The molecule has 3 heteroatoms. The molecule has 0 saturated carbocycles. The Morgan fingerprint density at radius 3 is 2.36 bits per heavy atom. The number of nitrogens with one attached hydrogen (secondary N) is 1. The van der Waals surface area contributed by atoms with Crippen LogP contribution in [0.4, 0.5) is 0 Å². The summed E-state index contributed by atoms with van der Waals surface area (Å²) in [5.74, 6) is 5.42. The normalized spacial score (nSPS) is 10.4. The molecule has 0 saturated heterocycles. The second kappa shape index (κ2) is 10.7. The largest absolute Gasteiger partial charge is 0.300 e. The zero-order valence-electron chi connectivity index (χ0n) is 9.35. The zero-order valence-corrected chi connectivity index (χ0v) is 9.35. The fourth-order valence-corrected chi connectivity index (χ4v) is 1.44. The predicted molar refractivity (Wildman–Crippen MR) is 59.8 cm³/mol. The highest BCUT2D eigenvalue weighted by Gasteiger charge is 2.00. The molecule has 0 aromatic heterocycles. The summed E-state index contributed by atoms with van der Waals surface area (Å²) in [5.41, 5.74) is 2.50. The van der Waals surface area contributed by atoms with Gasteiger partial charge in [-0.2, -0.15) is 0 Å². The lowest BCUT2D eigenvalue weighted by molar-refractivity contribution is -0.119. The smallest absolute Gasteiger partial charge is 0.134 e. The van der Waals surface area contributed by atoms with Crippen molar-refractivity contribution in [3.05, 3.63) is 0 Å². The predicted octanol–water partition coefficient (Wildman–Crippen LogP) is 2.16. The molecule has 0 aliphatic heterocycles. The SMILES string of the molecule is CCCCCCCCC(=O)CCNN. The number of hydrogen-bond acceptors (Lipinski definition) is 3. The van der Waals surface area contributed by atoms with Crippen molar-refractivity contribution in [3.8, 4) is 0 Å². The van der Waals surface area contributed by atoms with Gasteiger partial charge in [-0.25, -0.2) is 0 Å². The summed E-state index contributed by atoms with van der Waals surface area (Å²) in [4.78, 5) is 11.2. The maximum absolute atomic E-state index is 11.2. The van der Waals surface area contributed by atoms with Crippen LogP contribution in [-0.2, 0) is 4.79 Å². The highest BCUT2D eigenvalue weighted by atomic mass is 16.1. The molecule has 3 N–H and O–H groups in total. The molecule has 0 bridgehead atoms. The Labute approximate surface area is 87.4 Å². The molecule has 0 atom stereocenters. The zero-order chi connectivity index (χ0) is 10.6. The highest BCUT2D eigenvalue weighted by Crippen LogP contribution is 2.07. The summed E-state index contributed by atoms with van der Waals surface area (Å²) in [6.07, 6.45) is 8.74. The number of rotatable bonds is 10. The van der Waals surface area contributed by atoms with Crippen LogP contribution in [0, 0.1) is 0 Å². The maximum atomic E-state index is 11.2. The average Bonchev–Trinajstić information content (AvgIpc) is 2.20. The molecule has 0 radical (unpaired) electrons. The van der Waals surface area contributed by atoms with Crippen molar-refractivity contribution in [1.82, 2.24) is 5.43 Å². The van der Waals surface area contributed by atoms with Crippen molar-refractivity contribution in [2.75, 3.05) is 6.54 Å². The van der Waals surface area contributed by atoms with Gasteiger partial charge in [0.1, 0.15) is 5.78 Å². The molecular weight excluding hydrogens is 176 g/mol. The summed E-state index contributed by atoms with van der Waals surface area (Å²) in [5, 5.41) is 0. The van der Waals surface area contributed by atoms with E-state index in [0.29, 0.717) is 18.7 Å². The van der Waals surface area contributed by atoms with Crippen LogP contribution >= 0.6 is 0 Å². The molecule has 84 valence electrons. The van der Waals surface area contributed by atoms with Gasteiger partial charge in [-0.05, 0) is 6.42 Å². The Kier molecular flexibility index (Phi) is 10.4. The number of hydrazine groups is 1. The fourth-order valence-electron chi connectivity index (χ4n) is 1.44. The van der Waals surface area contributed by atoms with E-state index in [2.05, 4.69) is 12.3 Å². The van der Waals surface area contributed by atoms with E-state index in [-0.39, 0.29) is 0 Å². The summed E-state index contributed by atoms with van der Waals surface area (Å²) in [6, 6.07) is 0. The van der Waals surface area contributed by atoms with E-state index in [1.165, 1.54) is 32.1 Å². The van der Waals surface area contributed by atoms with Crippen LogP contribution in [0.3, 0.4) is 0 Å². The molecule has 0 aliphatic rings. The van der Waals surface area contributed by atoms with Crippen molar-refractivity contribution < 1.29 is 4.79 Å². The van der Waals surface area contributed by atoms with Crippen LogP contribution in [0.1, 0.15) is 58.3 Å². The Balaban J connectivity index is 3.07. The molecule has 0 aliphatic carbocycles. The van der Waals surface area contributed by atoms with Gasteiger partial charge >= 0.3 is 0 Å². The van der Waals surface area contributed by atoms with Crippen LogP contribution in [-0.4, -0.2) is 12.3 Å². The lowest BCUT2D eigenvalue weighted by Gasteiger charge is -2.01. The first-order valence-corrected chi connectivity index (χ1v) is 5.76. The van der Waals surface area contributed by atoms with Gasteiger partial charge in [0.25, 0.3) is 0 Å². The van der Waals surface area contributed by atoms with Crippen LogP contribution in [0.5, 0.6) is 0 Å². The minimum absolute atomic E-state index is 0.332. The molecule has 0 fully saturated rings. The van der Waals surface area contributed by atoms with Gasteiger partial charge in [0.15, 0.2) is 0 Å². The van der Waals surface area contributed by atoms with Crippen molar-refractivity contribution in [3.63, 3.8) is 0 Å². The van der Waals surface area contributed by atoms with Gasteiger partial charge in [-0.1, -0.05) is 39.0 Å². The van der Waals surface area contributed by atoms with E-state index in [1.54, 1.807) is 0 Å². The summed E-state index contributed by atoms with van der Waals surface area (Å²) < 4.78 is 0. The van der Waals surface area contributed by atoms with E-state index in [9.17, 15) is 4.79 Å². The van der Waals surface area contributed by atoms with Crippen LogP contribution in [0.15, 0.2) is 0 Å². The standard InChI is InChI=1S/C11H24N2O/c1-2-3-4-5-6-7-8-11(14)9-10-13-12/h13H,2-10,12H2,1H3. The van der Waals surface area contributed by atoms with Crippen LogP contribution in [0.2, 0.25) is 0 Å². The first-order chi connectivity index (χ1) is 6.81. The van der Waals surface area contributed by atoms with Gasteiger partial charge in [0.2, 0.25) is 0 Å². The van der Waals surface area contributed by atoms with Gasteiger partial charge in [-0.3, -0.25) is 16.1 Å². The number of Topliss-reactive ketones (excluding diaryl/α,β-unsaturated/α-hetero) is 1. The number of ketones is 1. The third-order valence-corrected chi connectivity index (χ3v) is 2.36. The van der Waals surface area contributed by atoms with Gasteiger partial charge in [-0.15, -0.1) is 0 Å². The molecular formula is C11H24N2O. The quantitative estimate of drug-likeness (QED) is 0.323. The van der Waals surface area contributed by atoms with Gasteiger partial charge < -0.3 is 0 Å². The topological polar surface area (TPSA) is 55.1 Å². The number of carbonyl (C=O) groups excluding carboxylic acids is 1. The van der Waals surface area contributed by atoms with E-state index in [0.717, 1.165) is 12.8 Å². The Morgan fingerprint density at radius 2 is 1.71 bits per heavy atom. The van der Waals surface area contributed by atoms with E-state index in [1.807, 2.05) is 0 Å². The third-order valence-electron chi connectivity index (χ3n) is 2.36. The monoisotopic (exact) mass is 200 g/mol. The molecule has 14 heavy (non-hydrogen) atoms.